The average Bonchev–Trinajstić information content (AvgIpc) is 2.71. The molecule has 0 aliphatic heterocycles. The number of carbonyl (C=O) groups excluding carboxylic acids is 1. The van der Waals surface area contributed by atoms with E-state index in [1.54, 1.807) is 16.8 Å². The Morgan fingerprint density at radius 1 is 1.59 bits per heavy atom. The summed E-state index contributed by atoms with van der Waals surface area (Å²) in [5.41, 5.74) is 7.41. The first-order valence-corrected chi connectivity index (χ1v) is 5.46. The number of nitrogens with two attached hydrogens (primary N) is 1. The number of nitrogens with zero attached hydrogens (tertiary/aromatic N) is 3. The van der Waals surface area contributed by atoms with Crippen LogP contribution in [0.3, 0.4) is 0 Å². The molecule has 2 heterocycles. The molecule has 0 saturated carbocycles. The van der Waals surface area contributed by atoms with Gasteiger partial charge in [0.1, 0.15) is 5.56 Å². The average molecular weight is 233 g/mol. The maximum Gasteiger partial charge on any atom is 0.256 e. The van der Waals surface area contributed by atoms with Gasteiger partial charge < -0.3 is 11.1 Å². The van der Waals surface area contributed by atoms with Gasteiger partial charge in [-0.15, -0.1) is 0 Å². The van der Waals surface area contributed by atoms with Crippen LogP contribution in [0.2, 0.25) is 0 Å². The Morgan fingerprint density at radius 3 is 3.00 bits per heavy atom. The van der Waals surface area contributed by atoms with Crippen LogP contribution in [0.4, 0.5) is 0 Å². The van der Waals surface area contributed by atoms with Crippen molar-refractivity contribution in [3.63, 3.8) is 0 Å². The van der Waals surface area contributed by atoms with E-state index in [2.05, 4.69) is 15.4 Å². The summed E-state index contributed by atoms with van der Waals surface area (Å²) < 4.78 is 1.59. The van der Waals surface area contributed by atoms with E-state index in [9.17, 15) is 4.79 Å². The molecular formula is C11H15N5O. The maximum atomic E-state index is 11.9. The normalized spacial score (nSPS) is 11.1. The highest BCUT2D eigenvalue weighted by Crippen LogP contribution is 2.09. The van der Waals surface area contributed by atoms with Crippen LogP contribution in [-0.4, -0.2) is 26.5 Å². The number of hydrogen-bond donors (Lipinski definition) is 2. The van der Waals surface area contributed by atoms with E-state index >= 15 is 0 Å². The molecule has 0 atom stereocenters. The molecule has 90 valence electrons. The SMILES string of the molecule is CC(C)NC(=O)c1cnn2c(CN)ccnc12. The lowest BCUT2D eigenvalue weighted by Crippen LogP contribution is -2.30. The zero-order valence-corrected chi connectivity index (χ0v) is 9.84. The number of nitrogens with one attached hydrogen (secondary N) is 1. The van der Waals surface area contributed by atoms with Crippen LogP contribution < -0.4 is 11.1 Å². The van der Waals surface area contributed by atoms with Crippen molar-refractivity contribution in [2.45, 2.75) is 26.4 Å². The van der Waals surface area contributed by atoms with Crippen molar-refractivity contribution in [1.29, 1.82) is 0 Å². The summed E-state index contributed by atoms with van der Waals surface area (Å²) in [4.78, 5) is 16.1. The Hall–Kier alpha value is -1.95. The summed E-state index contributed by atoms with van der Waals surface area (Å²) in [6.07, 6.45) is 3.14. The van der Waals surface area contributed by atoms with E-state index in [1.807, 2.05) is 13.8 Å². The largest absolute Gasteiger partial charge is 0.350 e. The third-order valence-electron chi connectivity index (χ3n) is 2.35. The summed E-state index contributed by atoms with van der Waals surface area (Å²) >= 11 is 0. The van der Waals surface area contributed by atoms with Crippen LogP contribution in [0.15, 0.2) is 18.5 Å². The van der Waals surface area contributed by atoms with Crippen molar-refractivity contribution in [3.8, 4) is 0 Å². The predicted octanol–water partition coefficient (Wildman–Crippen LogP) is 0.326. The van der Waals surface area contributed by atoms with E-state index in [0.29, 0.717) is 17.8 Å². The van der Waals surface area contributed by atoms with Gasteiger partial charge in [-0.1, -0.05) is 0 Å². The van der Waals surface area contributed by atoms with Crippen molar-refractivity contribution >= 4 is 11.6 Å². The van der Waals surface area contributed by atoms with Crippen molar-refractivity contribution in [3.05, 3.63) is 29.7 Å². The first kappa shape index (κ1) is 11.5. The van der Waals surface area contributed by atoms with Crippen LogP contribution in [0.5, 0.6) is 0 Å². The summed E-state index contributed by atoms with van der Waals surface area (Å²) in [6.45, 7) is 4.16. The second-order valence-corrected chi connectivity index (χ2v) is 4.06. The molecule has 0 radical (unpaired) electrons. The summed E-state index contributed by atoms with van der Waals surface area (Å²) in [5, 5.41) is 6.94. The molecule has 0 aromatic carbocycles. The molecule has 6 heteroatoms. The molecule has 6 nitrogen and oxygen atoms in total. The molecule has 2 aromatic rings. The predicted molar refractivity (Wildman–Crippen MR) is 63.5 cm³/mol. The molecule has 2 aromatic heterocycles. The quantitative estimate of drug-likeness (QED) is 0.799. The minimum Gasteiger partial charge on any atom is -0.350 e. The van der Waals surface area contributed by atoms with Gasteiger partial charge in [-0.2, -0.15) is 5.10 Å². The van der Waals surface area contributed by atoms with Crippen molar-refractivity contribution in [2.24, 2.45) is 5.73 Å². The van der Waals surface area contributed by atoms with E-state index in [1.165, 1.54) is 6.20 Å². The molecule has 0 spiro atoms. The topological polar surface area (TPSA) is 85.3 Å². The van der Waals surface area contributed by atoms with Crippen LogP contribution in [0, 0.1) is 0 Å². The molecule has 0 fully saturated rings. The minimum absolute atomic E-state index is 0.0788. The standard InChI is InChI=1S/C11H15N5O/c1-7(2)15-11(17)9-6-14-16-8(5-12)3-4-13-10(9)16/h3-4,6-7H,5,12H2,1-2H3,(H,15,17). The molecule has 0 aliphatic carbocycles. The van der Waals surface area contributed by atoms with Gasteiger partial charge in [0.15, 0.2) is 5.65 Å². The van der Waals surface area contributed by atoms with Crippen molar-refractivity contribution in [1.82, 2.24) is 19.9 Å². The lowest BCUT2D eigenvalue weighted by Gasteiger charge is -2.06. The smallest absolute Gasteiger partial charge is 0.256 e. The van der Waals surface area contributed by atoms with Gasteiger partial charge in [0.2, 0.25) is 0 Å². The molecule has 1 amide bonds. The summed E-state index contributed by atoms with van der Waals surface area (Å²) in [7, 11) is 0. The zero-order valence-electron chi connectivity index (χ0n) is 9.84. The Balaban J connectivity index is 2.46. The first-order chi connectivity index (χ1) is 8.13. The van der Waals surface area contributed by atoms with Gasteiger partial charge in [0, 0.05) is 18.8 Å². The molecule has 0 bridgehead atoms. The molecule has 2 rings (SSSR count). The fourth-order valence-electron chi connectivity index (χ4n) is 1.60. The van der Waals surface area contributed by atoms with Crippen LogP contribution >= 0.6 is 0 Å². The van der Waals surface area contributed by atoms with E-state index in [0.717, 1.165) is 5.69 Å². The zero-order chi connectivity index (χ0) is 12.4. The highest BCUT2D eigenvalue weighted by molar-refractivity contribution is 5.99. The van der Waals surface area contributed by atoms with Gasteiger partial charge in [-0.05, 0) is 19.9 Å². The van der Waals surface area contributed by atoms with E-state index < -0.39 is 0 Å². The van der Waals surface area contributed by atoms with Crippen molar-refractivity contribution in [2.75, 3.05) is 0 Å². The maximum absolute atomic E-state index is 11.9. The van der Waals surface area contributed by atoms with E-state index in [4.69, 9.17) is 5.73 Å². The lowest BCUT2D eigenvalue weighted by molar-refractivity contribution is 0.0944. The number of hydrogen-bond acceptors (Lipinski definition) is 4. The molecule has 3 N–H and O–H groups in total. The fourth-order valence-corrected chi connectivity index (χ4v) is 1.60. The van der Waals surface area contributed by atoms with Crippen molar-refractivity contribution < 1.29 is 4.79 Å². The van der Waals surface area contributed by atoms with Gasteiger partial charge in [0.25, 0.3) is 5.91 Å². The van der Waals surface area contributed by atoms with Crippen LogP contribution in [-0.2, 0) is 6.54 Å². The third-order valence-corrected chi connectivity index (χ3v) is 2.35. The third kappa shape index (κ3) is 2.12. The number of carbonyl (C=O) groups is 1. The van der Waals surface area contributed by atoms with Crippen LogP contribution in [0.25, 0.3) is 5.65 Å². The lowest BCUT2D eigenvalue weighted by atomic mass is 10.3. The second kappa shape index (κ2) is 4.50. The summed E-state index contributed by atoms with van der Waals surface area (Å²) in [5.74, 6) is -0.170. The number of rotatable bonds is 3. The molecular weight excluding hydrogens is 218 g/mol. The Labute approximate surface area is 98.8 Å². The second-order valence-electron chi connectivity index (χ2n) is 4.06. The van der Waals surface area contributed by atoms with Crippen LogP contribution in [0.1, 0.15) is 29.9 Å². The molecule has 0 unspecified atom stereocenters. The van der Waals surface area contributed by atoms with Gasteiger partial charge in [0.05, 0.1) is 11.9 Å². The Bertz CT molecular complexity index is 546. The molecule has 0 aliphatic rings. The fraction of sp³-hybridized carbons (Fsp3) is 0.364. The first-order valence-electron chi connectivity index (χ1n) is 5.46. The number of amides is 1. The Morgan fingerprint density at radius 2 is 2.35 bits per heavy atom. The molecule has 17 heavy (non-hydrogen) atoms. The molecule has 0 saturated heterocycles. The minimum atomic E-state index is -0.170. The summed E-state index contributed by atoms with van der Waals surface area (Å²) in [6, 6.07) is 1.86. The Kier molecular flexibility index (Phi) is 3.06. The highest BCUT2D eigenvalue weighted by Gasteiger charge is 2.15. The highest BCUT2D eigenvalue weighted by atomic mass is 16.1. The van der Waals surface area contributed by atoms with E-state index in [-0.39, 0.29) is 11.9 Å². The number of fused-ring (bicyclic) bond motifs is 1. The van der Waals surface area contributed by atoms with Gasteiger partial charge in [-0.25, -0.2) is 9.50 Å². The van der Waals surface area contributed by atoms with Gasteiger partial charge >= 0.3 is 0 Å². The number of aromatic nitrogens is 3. The van der Waals surface area contributed by atoms with Gasteiger partial charge in [-0.3, -0.25) is 4.79 Å². The monoisotopic (exact) mass is 233 g/mol.